The first-order chi connectivity index (χ1) is 35.9. The van der Waals surface area contributed by atoms with Crippen LogP contribution in [-0.4, -0.2) is 18.0 Å². The van der Waals surface area contributed by atoms with E-state index in [1.807, 2.05) is 0 Å². The Bertz CT molecular complexity index is 3550. The maximum Gasteiger partial charge on any atom is 2.00 e. The van der Waals surface area contributed by atoms with E-state index in [2.05, 4.69) is 241 Å². The topological polar surface area (TPSA) is 54.0 Å². The Hall–Kier alpha value is -5.78. The first kappa shape index (κ1) is 58.9. The van der Waals surface area contributed by atoms with Crippen molar-refractivity contribution in [1.82, 2.24) is 19.9 Å². The monoisotopic (exact) mass is 1080 g/mol. The number of nitrogens with zero attached hydrogens (tertiary/aromatic N) is 4. The minimum absolute atomic E-state index is 0. The van der Waals surface area contributed by atoms with Crippen LogP contribution in [0.15, 0.2) is 78.9 Å². The summed E-state index contributed by atoms with van der Waals surface area (Å²) < 4.78 is 0. The molecule has 4 nitrogen and oxygen atoms in total. The van der Waals surface area contributed by atoms with E-state index >= 15 is 0 Å². The summed E-state index contributed by atoms with van der Waals surface area (Å²) >= 11 is 0. The van der Waals surface area contributed by atoms with Crippen molar-refractivity contribution in [2.24, 2.45) is 0 Å². The molecule has 77 heavy (non-hydrogen) atoms. The maximum absolute atomic E-state index is 5.72. The fourth-order valence-corrected chi connectivity index (χ4v) is 17.7. The summed E-state index contributed by atoms with van der Waals surface area (Å²) in [7, 11) is -1.82. The Kier molecular flexibility index (Phi) is 17.5. The second-order valence-corrected chi connectivity index (χ2v) is 30.2. The molecule has 0 amide bonds. The normalized spacial score (nSPS) is 13.1. The van der Waals surface area contributed by atoms with E-state index in [-0.39, 0.29) is 30.3 Å². The molecular weight excluding hydrogens is 1000 g/mol. The van der Waals surface area contributed by atoms with Gasteiger partial charge in [0.1, 0.15) is 8.07 Å². The van der Waals surface area contributed by atoms with Crippen LogP contribution < -0.4 is 9.97 Å². The number of aryl methyl sites for hydroxylation is 4. The van der Waals surface area contributed by atoms with E-state index in [0.717, 1.165) is 109 Å². The van der Waals surface area contributed by atoms with Crippen molar-refractivity contribution in [3.05, 3.63) is 152 Å². The summed E-state index contributed by atoms with van der Waals surface area (Å²) in [5.41, 5.74) is 33.0. The van der Waals surface area contributed by atoms with Crippen LogP contribution in [0.4, 0.5) is 0 Å². The molecule has 0 aliphatic carbocycles. The first-order valence-corrected chi connectivity index (χ1v) is 30.6. The van der Waals surface area contributed by atoms with Gasteiger partial charge in [-0.2, -0.15) is 0 Å². The standard InChI is InChI=1S/C71H84N4Si.Zn/c1-21-56-45(11)66-64(52-33-31-50(32-34-52)26-25-49-27-29-51(30-28-49)35-36-76(42(5)6,43(7)8)44(9)10)67-46(12)57(22-2)61(73-67)41-63-59(24-4)48(14)69(75-63)65(68-47(13)58(23-3)62(74-68)40-60(56)72-66)53-37-54(70(15,16)17)39-55(38-53)71(18,19)20;/h27-34,37-44H,21-24H2,1-20H3;/q-2;+2. The van der Waals surface area contributed by atoms with E-state index in [1.54, 1.807) is 0 Å². The van der Waals surface area contributed by atoms with Gasteiger partial charge >= 0.3 is 19.5 Å². The Morgan fingerprint density at radius 1 is 0.481 bits per heavy atom. The molecule has 0 radical (unpaired) electrons. The van der Waals surface area contributed by atoms with E-state index in [9.17, 15) is 0 Å². The zero-order chi connectivity index (χ0) is 55.3. The van der Waals surface area contributed by atoms with E-state index in [0.29, 0.717) is 16.6 Å². The minimum Gasteiger partial charge on any atom is -0.657 e. The summed E-state index contributed by atoms with van der Waals surface area (Å²) in [6.45, 7) is 46.1. The first-order valence-electron chi connectivity index (χ1n) is 28.4. The maximum atomic E-state index is 5.72. The molecule has 8 bridgehead atoms. The van der Waals surface area contributed by atoms with Crippen molar-refractivity contribution in [2.75, 3.05) is 0 Å². The van der Waals surface area contributed by atoms with Crippen LogP contribution in [0.1, 0.15) is 210 Å². The molecule has 0 saturated heterocycles. The average Bonchev–Trinajstić information content (AvgIpc) is 4.11. The van der Waals surface area contributed by atoms with E-state index in [4.69, 9.17) is 19.9 Å². The number of benzene rings is 3. The second-order valence-electron chi connectivity index (χ2n) is 24.6. The van der Waals surface area contributed by atoms with E-state index in [1.165, 1.54) is 55.7 Å². The number of aromatic nitrogens is 4. The van der Waals surface area contributed by atoms with Gasteiger partial charge in [-0.15, -0.1) is 27.6 Å². The third-order valence-electron chi connectivity index (χ3n) is 17.0. The minimum atomic E-state index is -1.82. The predicted molar refractivity (Wildman–Crippen MR) is 331 cm³/mol. The largest absolute Gasteiger partial charge is 2.00 e. The summed E-state index contributed by atoms with van der Waals surface area (Å²) in [6.07, 6.45) is 3.36. The molecule has 0 fully saturated rings. The second kappa shape index (κ2) is 22.9. The van der Waals surface area contributed by atoms with Crippen LogP contribution in [0, 0.1) is 37.2 Å². The number of rotatable bonds is 9. The molecular formula is C71H84N4SiZn. The fourth-order valence-electron chi connectivity index (χ4n) is 12.4. The Labute approximate surface area is 477 Å². The average molecular weight is 1090 g/mol. The molecule has 5 heterocycles. The van der Waals surface area contributed by atoms with Crippen molar-refractivity contribution < 1.29 is 19.5 Å². The van der Waals surface area contributed by atoms with Crippen LogP contribution in [0.5, 0.6) is 0 Å². The van der Waals surface area contributed by atoms with Crippen LogP contribution in [-0.2, 0) is 43.1 Å². The van der Waals surface area contributed by atoms with Gasteiger partial charge in [0, 0.05) is 16.7 Å². The molecule has 3 aromatic carbocycles. The van der Waals surface area contributed by atoms with Crippen LogP contribution in [0.3, 0.4) is 0 Å². The Morgan fingerprint density at radius 3 is 1.19 bits per heavy atom. The SMILES string of the molecule is CCC1=C(C)c2nc1cc1[n-]c(c(C)c1CC)c(-c1ccc(C#Cc3ccc(C#C[Si](C(C)C)(C(C)C)C(C)C)cc3)cc1)c1nc(cc3[n-]c(c(C)c3CC)c2-c2cc(C(C)(C)C)cc(C(C)(C)C)c2)C(CC)=C1C.[Zn+2]. The summed E-state index contributed by atoms with van der Waals surface area (Å²) in [5.74, 6) is 10.5. The molecule has 3 aromatic heterocycles. The van der Waals surface area contributed by atoms with Gasteiger partial charge in [-0.25, -0.2) is 9.97 Å². The van der Waals surface area contributed by atoms with Gasteiger partial charge in [-0.1, -0.05) is 193 Å². The zero-order valence-corrected chi connectivity index (χ0v) is 54.5. The van der Waals surface area contributed by atoms with Gasteiger partial charge in [-0.3, -0.25) is 0 Å². The molecule has 8 rings (SSSR count). The quantitative estimate of drug-likeness (QED) is 0.107. The van der Waals surface area contributed by atoms with Gasteiger partial charge in [0.05, 0.1) is 22.8 Å². The van der Waals surface area contributed by atoms with Crippen molar-refractivity contribution in [1.29, 1.82) is 0 Å². The van der Waals surface area contributed by atoms with Crippen molar-refractivity contribution in [3.8, 4) is 45.6 Å². The van der Waals surface area contributed by atoms with Crippen LogP contribution in [0.2, 0.25) is 16.6 Å². The summed E-state index contributed by atoms with van der Waals surface area (Å²) in [4.78, 5) is 22.8. The third kappa shape index (κ3) is 11.1. The molecule has 0 atom stereocenters. The van der Waals surface area contributed by atoms with Crippen molar-refractivity contribution in [3.63, 3.8) is 0 Å². The predicted octanol–water partition coefficient (Wildman–Crippen LogP) is 18.9. The summed E-state index contributed by atoms with van der Waals surface area (Å²) in [6, 6.07) is 28.9. The number of allylic oxidation sites excluding steroid dienone is 4. The molecule has 0 spiro atoms. The van der Waals surface area contributed by atoms with Crippen molar-refractivity contribution in [2.45, 2.75) is 192 Å². The smallest absolute Gasteiger partial charge is 0.657 e. The summed E-state index contributed by atoms with van der Waals surface area (Å²) in [5, 5.41) is 0. The van der Waals surface area contributed by atoms with Crippen molar-refractivity contribution >= 4 is 52.4 Å². The van der Waals surface area contributed by atoms with Gasteiger partial charge in [0.15, 0.2) is 0 Å². The fraction of sp³-hybridized carbons (Fsp3) is 0.408. The van der Waals surface area contributed by atoms with Gasteiger partial charge < -0.3 is 9.97 Å². The third-order valence-corrected chi connectivity index (χ3v) is 23.2. The van der Waals surface area contributed by atoms with Gasteiger partial charge in [-0.05, 0) is 173 Å². The Morgan fingerprint density at radius 2 is 0.844 bits per heavy atom. The molecule has 6 aromatic rings. The molecule has 0 unspecified atom stereocenters. The molecule has 394 valence electrons. The Balaban J connectivity index is 0.00000861. The van der Waals surface area contributed by atoms with Crippen LogP contribution in [0.25, 0.3) is 66.6 Å². The molecule has 2 aliphatic rings. The van der Waals surface area contributed by atoms with E-state index < -0.39 is 8.07 Å². The molecule has 6 heteroatoms. The number of hydrogen-bond donors (Lipinski definition) is 0. The van der Waals surface area contributed by atoms with Crippen LogP contribution >= 0.6 is 0 Å². The number of fused-ring (bicyclic) bond motifs is 8. The molecule has 2 aliphatic heterocycles. The van der Waals surface area contributed by atoms with Gasteiger partial charge in [0.25, 0.3) is 0 Å². The number of hydrogen-bond acceptors (Lipinski definition) is 2. The molecule has 0 saturated carbocycles. The van der Waals surface area contributed by atoms with Gasteiger partial charge in [0.2, 0.25) is 0 Å². The molecule has 0 N–H and O–H groups in total. The zero-order valence-electron chi connectivity index (χ0n) is 50.6.